The molecule has 0 aromatic heterocycles. The van der Waals surface area contributed by atoms with Crippen LogP contribution in [0.15, 0.2) is 23.1 Å². The molecule has 1 saturated heterocycles. The molecule has 0 bridgehead atoms. The average molecular weight is 374 g/mol. The van der Waals surface area contributed by atoms with Gasteiger partial charge < -0.3 is 10.2 Å². The molecule has 0 saturated carbocycles. The van der Waals surface area contributed by atoms with Crippen LogP contribution < -0.4 is 5.32 Å². The van der Waals surface area contributed by atoms with Gasteiger partial charge in [-0.1, -0.05) is 6.07 Å². The fourth-order valence-corrected chi connectivity index (χ4v) is 5.02. The summed E-state index contributed by atoms with van der Waals surface area (Å²) in [5.74, 6) is -0.128. The third kappa shape index (κ3) is 4.47. The quantitative estimate of drug-likeness (QED) is 0.803. The lowest BCUT2D eigenvalue weighted by Crippen LogP contribution is -2.40. The van der Waals surface area contributed by atoms with Crippen molar-refractivity contribution < 1.29 is 21.6 Å². The van der Waals surface area contributed by atoms with E-state index in [1.807, 2.05) is 6.92 Å². The number of likely N-dealkylation sites (N-methyl/N-ethyl adjacent to an activating group) is 1. The van der Waals surface area contributed by atoms with E-state index < -0.39 is 19.7 Å². The zero-order valence-electron chi connectivity index (χ0n) is 13.9. The number of carbonyl (C=O) groups excluding carboxylic acids is 1. The summed E-state index contributed by atoms with van der Waals surface area (Å²) >= 11 is 0. The molecule has 24 heavy (non-hydrogen) atoms. The summed E-state index contributed by atoms with van der Waals surface area (Å²) in [5.41, 5.74) is 1.39. The van der Waals surface area contributed by atoms with Gasteiger partial charge in [-0.05, 0) is 31.0 Å². The molecule has 0 radical (unpaired) electrons. The molecule has 9 heteroatoms. The van der Waals surface area contributed by atoms with Gasteiger partial charge >= 0.3 is 0 Å². The number of nitrogens with zero attached hydrogens (tertiary/aromatic N) is 1. The zero-order chi connectivity index (χ0) is 18.1. The predicted molar refractivity (Wildman–Crippen MR) is 92.6 cm³/mol. The van der Waals surface area contributed by atoms with E-state index in [2.05, 4.69) is 5.32 Å². The van der Waals surface area contributed by atoms with Crippen molar-refractivity contribution in [1.29, 1.82) is 0 Å². The lowest BCUT2D eigenvalue weighted by Gasteiger charge is -2.24. The summed E-state index contributed by atoms with van der Waals surface area (Å²) < 4.78 is 46.3. The smallest absolute Gasteiger partial charge is 0.241 e. The Balaban J connectivity index is 2.04. The number of nitrogens with one attached hydrogen (secondary N) is 1. The second kappa shape index (κ2) is 6.72. The first-order valence-corrected chi connectivity index (χ1v) is 11.2. The van der Waals surface area contributed by atoms with E-state index in [1.54, 1.807) is 13.1 Å². The zero-order valence-corrected chi connectivity index (χ0v) is 15.6. The number of rotatable bonds is 5. The molecule has 2 rings (SSSR count). The second-order valence-corrected chi connectivity index (χ2v) is 10.4. The van der Waals surface area contributed by atoms with Crippen LogP contribution in [-0.2, 0) is 24.5 Å². The first-order chi connectivity index (χ1) is 11.0. The second-order valence-electron chi connectivity index (χ2n) is 6.16. The third-order valence-corrected chi connectivity index (χ3v) is 7.08. The maximum absolute atomic E-state index is 12.3. The number of amides is 1. The molecular formula is C15H22N2O5S2. The van der Waals surface area contributed by atoms with Gasteiger partial charge in [0.1, 0.15) is 0 Å². The van der Waals surface area contributed by atoms with Crippen molar-refractivity contribution in [2.24, 2.45) is 0 Å². The van der Waals surface area contributed by atoms with E-state index in [-0.39, 0.29) is 34.9 Å². The van der Waals surface area contributed by atoms with Crippen LogP contribution in [0.25, 0.3) is 0 Å². The van der Waals surface area contributed by atoms with Gasteiger partial charge in [0.05, 0.1) is 22.9 Å². The van der Waals surface area contributed by atoms with Crippen molar-refractivity contribution in [1.82, 2.24) is 4.90 Å². The minimum absolute atomic E-state index is 0.00215. The van der Waals surface area contributed by atoms with E-state index in [1.165, 1.54) is 17.0 Å². The number of sulfone groups is 2. The number of aryl methyl sites for hydroxylation is 1. The van der Waals surface area contributed by atoms with Gasteiger partial charge in [0.25, 0.3) is 0 Å². The Morgan fingerprint density at radius 2 is 2.04 bits per heavy atom. The van der Waals surface area contributed by atoms with Crippen LogP contribution >= 0.6 is 0 Å². The average Bonchev–Trinajstić information content (AvgIpc) is 2.84. The molecule has 1 aliphatic rings. The maximum atomic E-state index is 12.3. The SMILES string of the molecule is Cc1ccc(S(C)(=O)=O)cc1NCC(=O)N(C)[C@@H]1CCS(=O)(=O)C1. The van der Waals surface area contributed by atoms with Crippen molar-refractivity contribution in [3.63, 3.8) is 0 Å². The van der Waals surface area contributed by atoms with Crippen LogP contribution in [0.2, 0.25) is 0 Å². The van der Waals surface area contributed by atoms with E-state index in [4.69, 9.17) is 0 Å². The molecule has 1 aromatic rings. The summed E-state index contributed by atoms with van der Waals surface area (Å²) in [6.07, 6.45) is 1.58. The standard InChI is InChI=1S/C15H22N2O5S2/c1-11-4-5-13(23(3,19)20)8-14(11)16-9-15(18)17(2)12-6-7-24(21,22)10-12/h4-5,8,12,16H,6-7,9-10H2,1-3H3/t12-/m1/s1. The van der Waals surface area contributed by atoms with Crippen LogP contribution in [0.5, 0.6) is 0 Å². The van der Waals surface area contributed by atoms with Gasteiger partial charge in [-0.15, -0.1) is 0 Å². The molecule has 134 valence electrons. The summed E-state index contributed by atoms with van der Waals surface area (Å²) in [6.45, 7) is 1.78. The Bertz CT molecular complexity index is 847. The van der Waals surface area contributed by atoms with Gasteiger partial charge in [0.15, 0.2) is 19.7 Å². The van der Waals surface area contributed by atoms with E-state index in [0.717, 1.165) is 11.8 Å². The Hall–Kier alpha value is -1.61. The van der Waals surface area contributed by atoms with Crippen molar-refractivity contribution in [3.05, 3.63) is 23.8 Å². The summed E-state index contributed by atoms with van der Waals surface area (Å²) in [4.78, 5) is 13.9. The molecule has 7 nitrogen and oxygen atoms in total. The van der Waals surface area contributed by atoms with E-state index >= 15 is 0 Å². The van der Waals surface area contributed by atoms with Crippen LogP contribution in [0.3, 0.4) is 0 Å². The molecule has 1 heterocycles. The summed E-state index contributed by atoms with van der Waals surface area (Å²) in [7, 11) is -4.78. The third-order valence-electron chi connectivity index (χ3n) is 4.22. The Kier molecular flexibility index (Phi) is 5.24. The minimum atomic E-state index is -3.33. The molecule has 1 N–H and O–H groups in total. The maximum Gasteiger partial charge on any atom is 0.241 e. The Morgan fingerprint density at radius 3 is 2.58 bits per heavy atom. The molecular weight excluding hydrogens is 352 g/mol. The van der Waals surface area contributed by atoms with Gasteiger partial charge in [0.2, 0.25) is 5.91 Å². The normalized spacial score (nSPS) is 19.9. The summed E-state index contributed by atoms with van der Waals surface area (Å²) in [5, 5.41) is 2.95. The molecule has 0 aliphatic carbocycles. The number of hydrogen-bond acceptors (Lipinski definition) is 6. The number of hydrogen-bond donors (Lipinski definition) is 1. The molecule has 0 spiro atoms. The first-order valence-electron chi connectivity index (χ1n) is 7.50. The first kappa shape index (κ1) is 18.7. The molecule has 1 aliphatic heterocycles. The minimum Gasteiger partial charge on any atom is -0.376 e. The highest BCUT2D eigenvalue weighted by Gasteiger charge is 2.32. The van der Waals surface area contributed by atoms with E-state index in [9.17, 15) is 21.6 Å². The number of benzene rings is 1. The van der Waals surface area contributed by atoms with Gasteiger partial charge in [0, 0.05) is 25.0 Å². The van der Waals surface area contributed by atoms with Crippen molar-refractivity contribution in [2.45, 2.75) is 24.3 Å². The molecule has 1 aromatic carbocycles. The molecule has 0 unspecified atom stereocenters. The van der Waals surface area contributed by atoms with Gasteiger partial charge in [-0.2, -0.15) is 0 Å². The lowest BCUT2D eigenvalue weighted by atomic mass is 10.2. The van der Waals surface area contributed by atoms with Gasteiger partial charge in [-0.25, -0.2) is 16.8 Å². The van der Waals surface area contributed by atoms with Crippen LogP contribution in [0, 0.1) is 6.92 Å². The monoisotopic (exact) mass is 374 g/mol. The molecule has 1 amide bonds. The number of carbonyl (C=O) groups is 1. The number of anilines is 1. The summed E-state index contributed by atoms with van der Waals surface area (Å²) in [6, 6.07) is 4.40. The Morgan fingerprint density at radius 1 is 1.38 bits per heavy atom. The topological polar surface area (TPSA) is 101 Å². The highest BCUT2D eigenvalue weighted by Crippen LogP contribution is 2.21. The van der Waals surface area contributed by atoms with E-state index in [0.29, 0.717) is 12.1 Å². The Labute approximate surface area is 142 Å². The highest BCUT2D eigenvalue weighted by molar-refractivity contribution is 7.91. The fraction of sp³-hybridized carbons (Fsp3) is 0.533. The van der Waals surface area contributed by atoms with Crippen molar-refractivity contribution in [2.75, 3.05) is 36.7 Å². The van der Waals surface area contributed by atoms with Gasteiger partial charge in [-0.3, -0.25) is 4.79 Å². The van der Waals surface area contributed by atoms with Crippen molar-refractivity contribution in [3.8, 4) is 0 Å². The highest BCUT2D eigenvalue weighted by atomic mass is 32.2. The van der Waals surface area contributed by atoms with Crippen molar-refractivity contribution >= 4 is 31.3 Å². The molecule has 1 fully saturated rings. The lowest BCUT2D eigenvalue weighted by molar-refractivity contribution is -0.129. The van der Waals surface area contributed by atoms with Crippen LogP contribution in [0.1, 0.15) is 12.0 Å². The largest absolute Gasteiger partial charge is 0.376 e. The molecule has 1 atom stereocenters. The van der Waals surface area contributed by atoms with Crippen LogP contribution in [0.4, 0.5) is 5.69 Å². The van der Waals surface area contributed by atoms with Crippen LogP contribution in [-0.4, -0.2) is 65.0 Å². The predicted octanol–water partition coefficient (Wildman–Crippen LogP) is 0.456. The fourth-order valence-electron chi connectivity index (χ4n) is 2.60.